The van der Waals surface area contributed by atoms with Gasteiger partial charge in [-0.1, -0.05) is 59.6 Å². The van der Waals surface area contributed by atoms with Crippen molar-refractivity contribution in [1.29, 1.82) is 0 Å². The molecule has 0 saturated carbocycles. The maximum Gasteiger partial charge on any atom is 0.220 e. The van der Waals surface area contributed by atoms with Crippen molar-refractivity contribution < 1.29 is 4.79 Å². The van der Waals surface area contributed by atoms with Crippen molar-refractivity contribution in [2.24, 2.45) is 0 Å². The van der Waals surface area contributed by atoms with Crippen LogP contribution in [0.25, 0.3) is 28.0 Å². The molecule has 5 aromatic rings. The zero-order chi connectivity index (χ0) is 24.9. The number of amides is 1. The monoisotopic (exact) mass is 494 g/mol. The molecule has 6 heteroatoms. The van der Waals surface area contributed by atoms with Gasteiger partial charge >= 0.3 is 0 Å². The average molecular weight is 495 g/mol. The average Bonchev–Trinajstić information content (AvgIpc) is 3.26. The number of aromatic nitrogens is 3. The Morgan fingerprint density at radius 2 is 1.75 bits per heavy atom. The van der Waals surface area contributed by atoms with E-state index in [1.165, 1.54) is 5.56 Å². The summed E-state index contributed by atoms with van der Waals surface area (Å²) >= 11 is 6.13. The van der Waals surface area contributed by atoms with Crippen LogP contribution in [0.3, 0.4) is 0 Å². The van der Waals surface area contributed by atoms with Gasteiger partial charge in [0.2, 0.25) is 5.91 Å². The molecule has 0 saturated heterocycles. The second-order valence-corrected chi connectivity index (χ2v) is 9.29. The van der Waals surface area contributed by atoms with Crippen LogP contribution in [-0.2, 0) is 17.6 Å². The molecule has 3 heterocycles. The normalized spacial score (nSPS) is 11.1. The molecule has 0 radical (unpaired) electrons. The third-order valence-electron chi connectivity index (χ3n) is 6.20. The van der Waals surface area contributed by atoms with Crippen LogP contribution in [0.15, 0.2) is 91.3 Å². The van der Waals surface area contributed by atoms with Gasteiger partial charge in [-0.25, -0.2) is 4.98 Å². The zero-order valence-corrected chi connectivity index (χ0v) is 20.9. The van der Waals surface area contributed by atoms with Crippen LogP contribution in [0.2, 0.25) is 5.02 Å². The summed E-state index contributed by atoms with van der Waals surface area (Å²) in [5.41, 5.74) is 8.13. The number of halogens is 1. The van der Waals surface area contributed by atoms with E-state index in [0.29, 0.717) is 30.8 Å². The standard InChI is InChI=1S/C30H27ClN4O/c1-21-5-4-6-23(19-21)24-10-14-28-34-30(22-8-11-25(31)12-9-22)27(35(28)20-24)13-15-29(36)33-18-16-26-7-2-3-17-32-26/h2-12,14,17,19-20H,13,15-16,18H2,1H3,(H,33,36). The number of hydrogen-bond donors (Lipinski definition) is 1. The summed E-state index contributed by atoms with van der Waals surface area (Å²) < 4.78 is 2.11. The summed E-state index contributed by atoms with van der Waals surface area (Å²) in [6, 6.07) is 26.1. The highest BCUT2D eigenvalue weighted by Crippen LogP contribution is 2.29. The first-order valence-electron chi connectivity index (χ1n) is 12.1. The quantitative estimate of drug-likeness (QED) is 0.275. The fourth-order valence-electron chi connectivity index (χ4n) is 4.36. The van der Waals surface area contributed by atoms with Crippen LogP contribution in [0.1, 0.15) is 23.4 Å². The van der Waals surface area contributed by atoms with Gasteiger partial charge in [-0.2, -0.15) is 0 Å². The van der Waals surface area contributed by atoms with E-state index in [1.807, 2.05) is 48.5 Å². The topological polar surface area (TPSA) is 59.3 Å². The van der Waals surface area contributed by atoms with E-state index < -0.39 is 0 Å². The first-order valence-corrected chi connectivity index (χ1v) is 12.5. The minimum Gasteiger partial charge on any atom is -0.356 e. The smallest absolute Gasteiger partial charge is 0.220 e. The molecule has 0 fully saturated rings. The number of rotatable bonds is 8. The molecule has 1 amide bonds. The van der Waals surface area contributed by atoms with Crippen molar-refractivity contribution in [3.63, 3.8) is 0 Å². The van der Waals surface area contributed by atoms with Crippen LogP contribution in [0.4, 0.5) is 0 Å². The van der Waals surface area contributed by atoms with E-state index in [4.69, 9.17) is 16.6 Å². The predicted molar refractivity (Wildman–Crippen MR) is 145 cm³/mol. The van der Waals surface area contributed by atoms with E-state index in [0.717, 1.165) is 39.4 Å². The van der Waals surface area contributed by atoms with E-state index >= 15 is 0 Å². The van der Waals surface area contributed by atoms with Crippen molar-refractivity contribution in [3.8, 4) is 22.4 Å². The number of carbonyl (C=O) groups excluding carboxylic acids is 1. The van der Waals surface area contributed by atoms with Crippen LogP contribution in [0.5, 0.6) is 0 Å². The SMILES string of the molecule is Cc1cccc(-c2ccc3nc(-c4ccc(Cl)cc4)c(CCC(=O)NCCc4ccccn4)n3c2)c1. The molecule has 0 atom stereocenters. The van der Waals surface area contributed by atoms with Gasteiger partial charge in [-0.3, -0.25) is 9.78 Å². The summed E-state index contributed by atoms with van der Waals surface area (Å²) in [5.74, 6) is 0.0118. The molecule has 1 N–H and O–H groups in total. The maximum atomic E-state index is 12.7. The molecular weight excluding hydrogens is 468 g/mol. The summed E-state index contributed by atoms with van der Waals surface area (Å²) in [7, 11) is 0. The third kappa shape index (κ3) is 5.47. The van der Waals surface area contributed by atoms with Crippen molar-refractivity contribution in [2.45, 2.75) is 26.2 Å². The highest BCUT2D eigenvalue weighted by atomic mass is 35.5. The molecule has 0 aliphatic heterocycles. The Bertz CT molecular complexity index is 1490. The first kappa shape index (κ1) is 23.8. The molecule has 5 nitrogen and oxygen atoms in total. The number of fused-ring (bicyclic) bond motifs is 1. The number of pyridine rings is 2. The second-order valence-electron chi connectivity index (χ2n) is 8.85. The number of nitrogens with one attached hydrogen (secondary N) is 1. The van der Waals surface area contributed by atoms with Crippen molar-refractivity contribution in [2.75, 3.05) is 6.54 Å². The minimum atomic E-state index is 0.0118. The highest BCUT2D eigenvalue weighted by Gasteiger charge is 2.16. The molecule has 0 unspecified atom stereocenters. The van der Waals surface area contributed by atoms with Gasteiger partial charge in [0.25, 0.3) is 0 Å². The van der Waals surface area contributed by atoms with Gasteiger partial charge in [-0.15, -0.1) is 0 Å². The third-order valence-corrected chi connectivity index (χ3v) is 6.46. The van der Waals surface area contributed by atoms with Gasteiger partial charge < -0.3 is 9.72 Å². The van der Waals surface area contributed by atoms with E-state index in [1.54, 1.807) is 6.20 Å². The largest absolute Gasteiger partial charge is 0.356 e. The van der Waals surface area contributed by atoms with Crippen molar-refractivity contribution >= 4 is 23.2 Å². The minimum absolute atomic E-state index is 0.0118. The van der Waals surface area contributed by atoms with Crippen LogP contribution in [0, 0.1) is 6.92 Å². The molecule has 5 rings (SSSR count). The molecule has 0 bridgehead atoms. The Kier molecular flexibility index (Phi) is 7.10. The van der Waals surface area contributed by atoms with Gasteiger partial charge in [0.1, 0.15) is 5.65 Å². The first-order chi connectivity index (χ1) is 17.6. The number of carbonyl (C=O) groups is 1. The van der Waals surface area contributed by atoms with Crippen molar-refractivity contribution in [1.82, 2.24) is 19.7 Å². The van der Waals surface area contributed by atoms with Crippen LogP contribution >= 0.6 is 11.6 Å². The molecule has 180 valence electrons. The summed E-state index contributed by atoms with van der Waals surface area (Å²) in [4.78, 5) is 21.9. The second kappa shape index (κ2) is 10.8. The maximum absolute atomic E-state index is 12.7. The van der Waals surface area contributed by atoms with E-state index in [2.05, 4.69) is 58.2 Å². The van der Waals surface area contributed by atoms with Gasteiger partial charge in [0.15, 0.2) is 0 Å². The zero-order valence-electron chi connectivity index (χ0n) is 20.1. The summed E-state index contributed by atoms with van der Waals surface area (Å²) in [5, 5.41) is 3.70. The molecule has 36 heavy (non-hydrogen) atoms. The fraction of sp³-hybridized carbons (Fsp3) is 0.167. The van der Waals surface area contributed by atoms with Crippen molar-refractivity contribution in [3.05, 3.63) is 113 Å². The Hall–Kier alpha value is -3.96. The molecule has 0 aliphatic carbocycles. The number of nitrogens with zero attached hydrogens (tertiary/aromatic N) is 3. The Morgan fingerprint density at radius 3 is 2.53 bits per heavy atom. The predicted octanol–water partition coefficient (Wildman–Crippen LogP) is 6.32. The van der Waals surface area contributed by atoms with E-state index in [-0.39, 0.29) is 5.91 Å². The molecule has 0 aliphatic rings. The lowest BCUT2D eigenvalue weighted by atomic mass is 10.0. The summed E-state index contributed by atoms with van der Waals surface area (Å²) in [6.45, 7) is 2.65. The Balaban J connectivity index is 1.41. The lowest BCUT2D eigenvalue weighted by Crippen LogP contribution is -2.26. The fourth-order valence-corrected chi connectivity index (χ4v) is 4.49. The molecule has 3 aromatic heterocycles. The van der Waals surface area contributed by atoms with Gasteiger partial charge in [-0.05, 0) is 60.9 Å². The highest BCUT2D eigenvalue weighted by molar-refractivity contribution is 6.30. The molecule has 2 aromatic carbocycles. The summed E-state index contributed by atoms with van der Waals surface area (Å²) in [6.07, 6.45) is 5.52. The number of aryl methyl sites for hydroxylation is 2. The Labute approximate surface area is 215 Å². The van der Waals surface area contributed by atoms with Crippen LogP contribution < -0.4 is 5.32 Å². The Morgan fingerprint density at radius 1 is 0.917 bits per heavy atom. The van der Waals surface area contributed by atoms with E-state index in [9.17, 15) is 4.79 Å². The molecule has 0 spiro atoms. The lowest BCUT2D eigenvalue weighted by molar-refractivity contribution is -0.121. The number of benzene rings is 2. The van der Waals surface area contributed by atoms with Gasteiger partial charge in [0.05, 0.1) is 11.4 Å². The lowest BCUT2D eigenvalue weighted by Gasteiger charge is -2.09. The van der Waals surface area contributed by atoms with Gasteiger partial charge in [0, 0.05) is 48.1 Å². The van der Waals surface area contributed by atoms with Crippen LogP contribution in [-0.4, -0.2) is 26.8 Å². The molecular formula is C30H27ClN4O. The number of hydrogen-bond acceptors (Lipinski definition) is 3. The number of imidazole rings is 1.